The van der Waals surface area contributed by atoms with E-state index < -0.39 is 0 Å². The summed E-state index contributed by atoms with van der Waals surface area (Å²) < 4.78 is 4.79. The number of hydrogen-bond donors (Lipinski definition) is 0. The Morgan fingerprint density at radius 1 is 1.33 bits per heavy atom. The van der Waals surface area contributed by atoms with Gasteiger partial charge < -0.3 is 4.74 Å². The van der Waals surface area contributed by atoms with Gasteiger partial charge in [0.2, 0.25) is 0 Å². The molecule has 0 N–H and O–H groups in total. The highest BCUT2D eigenvalue weighted by Gasteiger charge is 2.42. The minimum Gasteiger partial charge on any atom is -0.468 e. The van der Waals surface area contributed by atoms with Crippen molar-refractivity contribution < 1.29 is 9.53 Å². The predicted octanol–water partition coefficient (Wildman–Crippen LogP) is 1.81. The summed E-state index contributed by atoms with van der Waals surface area (Å²) in [5.41, 5.74) is 0.544. The fourth-order valence-electron chi connectivity index (χ4n) is 3.15. The Hall–Kier alpha value is -0.570. The third-order valence-electron chi connectivity index (χ3n) is 4.22. The molecule has 0 amide bonds. The van der Waals surface area contributed by atoms with Crippen molar-refractivity contribution in [1.82, 2.24) is 4.90 Å². The molecule has 2 rings (SSSR count). The third kappa shape index (κ3) is 2.03. The largest absolute Gasteiger partial charge is 0.468 e. The van der Waals surface area contributed by atoms with E-state index in [1.54, 1.807) is 0 Å². The molecule has 1 saturated heterocycles. The molecule has 0 aromatic rings. The van der Waals surface area contributed by atoms with Gasteiger partial charge in [-0.3, -0.25) is 9.69 Å². The average molecular weight is 211 g/mol. The van der Waals surface area contributed by atoms with Crippen molar-refractivity contribution in [1.29, 1.82) is 0 Å². The van der Waals surface area contributed by atoms with Crippen molar-refractivity contribution in [2.75, 3.05) is 20.2 Å². The van der Waals surface area contributed by atoms with Crippen molar-refractivity contribution in [3.63, 3.8) is 0 Å². The molecule has 0 bridgehead atoms. The SMILES string of the molecule is COC(=O)C(C)N1CCC2(CCCC2)C1. The van der Waals surface area contributed by atoms with Gasteiger partial charge in [0.05, 0.1) is 7.11 Å². The van der Waals surface area contributed by atoms with Gasteiger partial charge in [-0.1, -0.05) is 12.8 Å². The van der Waals surface area contributed by atoms with Crippen LogP contribution in [0.1, 0.15) is 39.0 Å². The molecular weight excluding hydrogens is 190 g/mol. The molecule has 1 unspecified atom stereocenters. The van der Waals surface area contributed by atoms with Gasteiger partial charge in [-0.2, -0.15) is 0 Å². The number of rotatable bonds is 2. The fraction of sp³-hybridized carbons (Fsp3) is 0.917. The average Bonchev–Trinajstić information content (AvgIpc) is 2.88. The number of esters is 1. The maximum atomic E-state index is 11.4. The summed E-state index contributed by atoms with van der Waals surface area (Å²) in [5.74, 6) is -0.0925. The molecule has 1 heterocycles. The topological polar surface area (TPSA) is 29.5 Å². The highest BCUT2D eigenvalue weighted by Crippen LogP contribution is 2.45. The minimum absolute atomic E-state index is 0.0602. The van der Waals surface area contributed by atoms with Gasteiger partial charge >= 0.3 is 5.97 Å². The van der Waals surface area contributed by atoms with Gasteiger partial charge in [-0.25, -0.2) is 0 Å². The first-order valence-corrected chi connectivity index (χ1v) is 5.99. The lowest BCUT2D eigenvalue weighted by Gasteiger charge is -2.26. The first-order valence-electron chi connectivity index (χ1n) is 5.99. The second-order valence-corrected chi connectivity index (χ2v) is 5.13. The van der Waals surface area contributed by atoms with Crippen LogP contribution >= 0.6 is 0 Å². The number of ether oxygens (including phenoxy) is 1. The molecule has 2 fully saturated rings. The molecule has 1 spiro atoms. The predicted molar refractivity (Wildman–Crippen MR) is 58.6 cm³/mol. The smallest absolute Gasteiger partial charge is 0.322 e. The normalized spacial score (nSPS) is 27.1. The molecule has 1 saturated carbocycles. The van der Waals surface area contributed by atoms with E-state index in [4.69, 9.17) is 4.74 Å². The zero-order valence-electron chi connectivity index (χ0n) is 9.79. The maximum absolute atomic E-state index is 11.4. The standard InChI is InChI=1S/C12H21NO2/c1-10(11(14)15-2)13-8-7-12(9-13)5-3-4-6-12/h10H,3-9H2,1-2H3. The van der Waals surface area contributed by atoms with Gasteiger partial charge in [0, 0.05) is 6.54 Å². The maximum Gasteiger partial charge on any atom is 0.322 e. The third-order valence-corrected chi connectivity index (χ3v) is 4.22. The van der Waals surface area contributed by atoms with E-state index in [1.165, 1.54) is 39.2 Å². The van der Waals surface area contributed by atoms with E-state index >= 15 is 0 Å². The van der Waals surface area contributed by atoms with Gasteiger partial charge in [0.25, 0.3) is 0 Å². The van der Waals surface area contributed by atoms with E-state index in [0.29, 0.717) is 5.41 Å². The second kappa shape index (κ2) is 4.12. The van der Waals surface area contributed by atoms with Gasteiger partial charge in [-0.05, 0) is 38.1 Å². The summed E-state index contributed by atoms with van der Waals surface area (Å²) in [6.45, 7) is 4.12. The lowest BCUT2D eigenvalue weighted by atomic mass is 9.86. The minimum atomic E-state index is -0.0925. The van der Waals surface area contributed by atoms with Gasteiger partial charge in [0.1, 0.15) is 6.04 Å². The Kier molecular flexibility index (Phi) is 3.01. The number of likely N-dealkylation sites (tertiary alicyclic amines) is 1. The summed E-state index contributed by atoms with van der Waals surface area (Å²) in [5, 5.41) is 0. The van der Waals surface area contributed by atoms with Crippen LogP contribution in [0.5, 0.6) is 0 Å². The molecule has 1 atom stereocenters. The Bertz CT molecular complexity index is 246. The molecule has 2 aliphatic rings. The van der Waals surface area contributed by atoms with Crippen molar-refractivity contribution in [2.45, 2.75) is 45.1 Å². The van der Waals surface area contributed by atoms with Crippen LogP contribution in [0, 0.1) is 5.41 Å². The number of carbonyl (C=O) groups excluding carboxylic acids is 1. The van der Waals surface area contributed by atoms with E-state index in [9.17, 15) is 4.79 Å². The summed E-state index contributed by atoms with van der Waals surface area (Å²) in [4.78, 5) is 13.7. The number of nitrogens with zero attached hydrogens (tertiary/aromatic N) is 1. The molecular formula is C12H21NO2. The summed E-state index contributed by atoms with van der Waals surface area (Å²) >= 11 is 0. The van der Waals surface area contributed by atoms with Crippen LogP contribution in [-0.4, -0.2) is 37.1 Å². The highest BCUT2D eigenvalue weighted by atomic mass is 16.5. The Morgan fingerprint density at radius 3 is 2.60 bits per heavy atom. The van der Waals surface area contributed by atoms with E-state index in [-0.39, 0.29) is 12.0 Å². The highest BCUT2D eigenvalue weighted by molar-refractivity contribution is 5.75. The van der Waals surface area contributed by atoms with Crippen LogP contribution in [0.3, 0.4) is 0 Å². The lowest BCUT2D eigenvalue weighted by Crippen LogP contribution is -2.39. The Labute approximate surface area is 91.8 Å². The molecule has 0 aromatic carbocycles. The Morgan fingerprint density at radius 2 is 2.00 bits per heavy atom. The van der Waals surface area contributed by atoms with Crippen molar-refractivity contribution >= 4 is 5.97 Å². The van der Waals surface area contributed by atoms with Crippen LogP contribution in [0.4, 0.5) is 0 Å². The number of methoxy groups -OCH3 is 1. The quantitative estimate of drug-likeness (QED) is 0.652. The van der Waals surface area contributed by atoms with Crippen molar-refractivity contribution in [3.8, 4) is 0 Å². The lowest BCUT2D eigenvalue weighted by molar-refractivity contribution is -0.146. The van der Waals surface area contributed by atoms with E-state index in [0.717, 1.165) is 13.1 Å². The van der Waals surface area contributed by atoms with Crippen molar-refractivity contribution in [3.05, 3.63) is 0 Å². The fourth-order valence-corrected chi connectivity index (χ4v) is 3.15. The van der Waals surface area contributed by atoms with Gasteiger partial charge in [0.15, 0.2) is 0 Å². The zero-order valence-corrected chi connectivity index (χ0v) is 9.79. The van der Waals surface area contributed by atoms with E-state index in [1.807, 2.05) is 6.92 Å². The zero-order chi connectivity index (χ0) is 10.9. The van der Waals surface area contributed by atoms with Crippen LogP contribution in [-0.2, 0) is 9.53 Å². The molecule has 0 aromatic heterocycles. The molecule has 0 radical (unpaired) electrons. The van der Waals surface area contributed by atoms with Crippen molar-refractivity contribution in [2.24, 2.45) is 5.41 Å². The monoisotopic (exact) mass is 211 g/mol. The first-order chi connectivity index (χ1) is 7.17. The molecule has 1 aliphatic carbocycles. The summed E-state index contributed by atoms with van der Waals surface area (Å²) in [6, 6.07) is -0.0602. The molecule has 3 heteroatoms. The van der Waals surface area contributed by atoms with Crippen LogP contribution in [0.15, 0.2) is 0 Å². The number of carbonyl (C=O) groups is 1. The van der Waals surface area contributed by atoms with Crippen LogP contribution < -0.4 is 0 Å². The van der Waals surface area contributed by atoms with Gasteiger partial charge in [-0.15, -0.1) is 0 Å². The molecule has 1 aliphatic heterocycles. The van der Waals surface area contributed by atoms with Crippen LogP contribution in [0.2, 0.25) is 0 Å². The summed E-state index contributed by atoms with van der Waals surface area (Å²) in [6.07, 6.45) is 6.74. The molecule has 15 heavy (non-hydrogen) atoms. The second-order valence-electron chi connectivity index (χ2n) is 5.13. The number of hydrogen-bond acceptors (Lipinski definition) is 3. The Balaban J connectivity index is 1.94. The summed E-state index contributed by atoms with van der Waals surface area (Å²) in [7, 11) is 1.47. The van der Waals surface area contributed by atoms with Crippen LogP contribution in [0.25, 0.3) is 0 Å². The first kappa shape index (κ1) is 10.9. The molecule has 86 valence electrons. The van der Waals surface area contributed by atoms with E-state index in [2.05, 4.69) is 4.90 Å². The molecule has 3 nitrogen and oxygen atoms in total.